The van der Waals surface area contributed by atoms with E-state index in [2.05, 4.69) is 24.1 Å². The first-order valence-electron chi connectivity index (χ1n) is 7.57. The van der Waals surface area contributed by atoms with Gasteiger partial charge in [0, 0.05) is 12.5 Å². The first-order chi connectivity index (χ1) is 9.88. The van der Waals surface area contributed by atoms with Crippen LogP contribution in [-0.2, 0) is 6.54 Å². The standard InChI is InChI=1S/C15H23F3N2O/c1-10(2)7-19-8-13-14(21-9-20-13)11-3-5-12(6-4-11)15(16,17)18/h9-12,19H,3-8H2,1-2H3. The van der Waals surface area contributed by atoms with Gasteiger partial charge in [-0.2, -0.15) is 13.2 Å². The van der Waals surface area contributed by atoms with Crippen molar-refractivity contribution in [3.05, 3.63) is 17.8 Å². The summed E-state index contributed by atoms with van der Waals surface area (Å²) in [6, 6.07) is 0. The molecule has 0 bridgehead atoms. The minimum Gasteiger partial charge on any atom is -0.448 e. The van der Waals surface area contributed by atoms with Crippen LogP contribution in [0.25, 0.3) is 0 Å². The average Bonchev–Trinajstić information content (AvgIpc) is 2.86. The van der Waals surface area contributed by atoms with Gasteiger partial charge in [-0.3, -0.25) is 0 Å². The topological polar surface area (TPSA) is 38.1 Å². The Hall–Kier alpha value is -1.04. The Balaban J connectivity index is 1.90. The summed E-state index contributed by atoms with van der Waals surface area (Å²) in [7, 11) is 0. The lowest BCUT2D eigenvalue weighted by Crippen LogP contribution is -2.27. The van der Waals surface area contributed by atoms with Crippen LogP contribution >= 0.6 is 0 Å². The molecule has 0 spiro atoms. The maximum Gasteiger partial charge on any atom is 0.391 e. The molecule has 1 saturated carbocycles. The number of hydrogen-bond acceptors (Lipinski definition) is 3. The quantitative estimate of drug-likeness (QED) is 0.883. The fraction of sp³-hybridized carbons (Fsp3) is 0.800. The van der Waals surface area contributed by atoms with Crippen molar-refractivity contribution in [3.63, 3.8) is 0 Å². The molecule has 0 saturated heterocycles. The average molecular weight is 304 g/mol. The fourth-order valence-corrected chi connectivity index (χ4v) is 2.91. The Morgan fingerprint density at radius 3 is 2.52 bits per heavy atom. The van der Waals surface area contributed by atoms with Crippen LogP contribution in [-0.4, -0.2) is 17.7 Å². The molecule has 21 heavy (non-hydrogen) atoms. The Morgan fingerprint density at radius 1 is 1.29 bits per heavy atom. The maximum absolute atomic E-state index is 12.7. The zero-order valence-corrected chi connectivity index (χ0v) is 12.5. The Bertz CT molecular complexity index is 434. The third kappa shape index (κ3) is 4.46. The summed E-state index contributed by atoms with van der Waals surface area (Å²) < 4.78 is 43.5. The largest absolute Gasteiger partial charge is 0.448 e. The molecule has 0 radical (unpaired) electrons. The highest BCUT2D eigenvalue weighted by atomic mass is 19.4. The van der Waals surface area contributed by atoms with Gasteiger partial charge in [0.2, 0.25) is 0 Å². The number of halogens is 3. The number of nitrogens with one attached hydrogen (secondary N) is 1. The van der Waals surface area contributed by atoms with Crippen LogP contribution in [0.3, 0.4) is 0 Å². The smallest absolute Gasteiger partial charge is 0.391 e. The molecule has 1 heterocycles. The lowest BCUT2D eigenvalue weighted by atomic mass is 9.80. The molecule has 1 aliphatic carbocycles. The number of nitrogens with zero attached hydrogens (tertiary/aromatic N) is 1. The molecule has 2 rings (SSSR count). The fourth-order valence-electron chi connectivity index (χ4n) is 2.91. The van der Waals surface area contributed by atoms with Crippen molar-refractivity contribution in [2.75, 3.05) is 6.54 Å². The first kappa shape index (κ1) is 16.3. The summed E-state index contributed by atoms with van der Waals surface area (Å²) in [5, 5.41) is 3.30. The van der Waals surface area contributed by atoms with Gasteiger partial charge < -0.3 is 9.73 Å². The molecular formula is C15H23F3N2O. The SMILES string of the molecule is CC(C)CNCc1ncoc1C1CCC(C(F)(F)F)CC1. The molecule has 3 nitrogen and oxygen atoms in total. The van der Waals surface area contributed by atoms with Gasteiger partial charge in [-0.1, -0.05) is 13.8 Å². The minimum atomic E-state index is -4.06. The summed E-state index contributed by atoms with van der Waals surface area (Å²) in [6.45, 7) is 5.74. The number of oxazole rings is 1. The molecule has 1 aromatic rings. The molecule has 1 N–H and O–H groups in total. The van der Waals surface area contributed by atoms with E-state index in [1.165, 1.54) is 6.39 Å². The van der Waals surface area contributed by atoms with Crippen LogP contribution in [0.4, 0.5) is 13.2 Å². The van der Waals surface area contributed by atoms with Gasteiger partial charge in [0.25, 0.3) is 0 Å². The van der Waals surface area contributed by atoms with Crippen molar-refractivity contribution in [3.8, 4) is 0 Å². The van der Waals surface area contributed by atoms with E-state index < -0.39 is 12.1 Å². The molecule has 0 aliphatic heterocycles. The minimum absolute atomic E-state index is 0.0712. The second-order valence-electron chi connectivity index (χ2n) is 6.28. The number of rotatable bonds is 5. The third-order valence-corrected chi connectivity index (χ3v) is 4.08. The van der Waals surface area contributed by atoms with Crippen LogP contribution < -0.4 is 5.32 Å². The molecular weight excluding hydrogens is 281 g/mol. The van der Waals surface area contributed by atoms with Crippen molar-refractivity contribution in [1.82, 2.24) is 10.3 Å². The van der Waals surface area contributed by atoms with E-state index in [0.29, 0.717) is 25.3 Å². The molecule has 1 aliphatic rings. The van der Waals surface area contributed by atoms with Gasteiger partial charge >= 0.3 is 6.18 Å². The van der Waals surface area contributed by atoms with Crippen LogP contribution in [0.1, 0.15) is 56.9 Å². The first-order valence-corrected chi connectivity index (χ1v) is 7.57. The van der Waals surface area contributed by atoms with Crippen LogP contribution in [0.2, 0.25) is 0 Å². The van der Waals surface area contributed by atoms with E-state index in [0.717, 1.165) is 18.0 Å². The predicted octanol–water partition coefficient (Wildman–Crippen LogP) is 4.26. The van der Waals surface area contributed by atoms with Crippen molar-refractivity contribution in [2.24, 2.45) is 11.8 Å². The third-order valence-electron chi connectivity index (χ3n) is 4.08. The van der Waals surface area contributed by atoms with E-state index in [9.17, 15) is 13.2 Å². The number of alkyl halides is 3. The van der Waals surface area contributed by atoms with E-state index in [-0.39, 0.29) is 18.8 Å². The lowest BCUT2D eigenvalue weighted by molar-refractivity contribution is -0.182. The van der Waals surface area contributed by atoms with E-state index in [1.54, 1.807) is 0 Å². The molecule has 0 amide bonds. The van der Waals surface area contributed by atoms with Crippen molar-refractivity contribution < 1.29 is 17.6 Å². The van der Waals surface area contributed by atoms with Gasteiger partial charge in [-0.05, 0) is 38.1 Å². The molecule has 0 aromatic carbocycles. The number of aromatic nitrogens is 1. The van der Waals surface area contributed by atoms with Crippen molar-refractivity contribution in [1.29, 1.82) is 0 Å². The van der Waals surface area contributed by atoms with Gasteiger partial charge in [0.05, 0.1) is 11.6 Å². The molecule has 0 unspecified atom stereocenters. The normalized spacial score (nSPS) is 23.7. The van der Waals surface area contributed by atoms with E-state index >= 15 is 0 Å². The maximum atomic E-state index is 12.7. The zero-order valence-electron chi connectivity index (χ0n) is 12.5. The summed E-state index contributed by atoms with van der Waals surface area (Å²) >= 11 is 0. The second kappa shape index (κ2) is 6.81. The molecule has 6 heteroatoms. The van der Waals surface area contributed by atoms with Gasteiger partial charge in [0.15, 0.2) is 6.39 Å². The Labute approximate surface area is 123 Å². The van der Waals surface area contributed by atoms with Crippen LogP contribution in [0.5, 0.6) is 0 Å². The zero-order chi connectivity index (χ0) is 15.5. The molecule has 0 atom stereocenters. The van der Waals surface area contributed by atoms with Gasteiger partial charge in [0.1, 0.15) is 5.76 Å². The highest BCUT2D eigenvalue weighted by molar-refractivity contribution is 5.13. The van der Waals surface area contributed by atoms with Gasteiger partial charge in [-0.15, -0.1) is 0 Å². The van der Waals surface area contributed by atoms with Crippen LogP contribution in [0, 0.1) is 11.8 Å². The summed E-state index contributed by atoms with van der Waals surface area (Å²) in [5.41, 5.74) is 0.839. The Kier molecular flexibility index (Phi) is 5.30. The summed E-state index contributed by atoms with van der Waals surface area (Å²) in [5.74, 6) is 0.232. The molecule has 1 fully saturated rings. The summed E-state index contributed by atoms with van der Waals surface area (Å²) in [6.07, 6.45) is -1.24. The van der Waals surface area contributed by atoms with Crippen LogP contribution in [0.15, 0.2) is 10.8 Å². The monoisotopic (exact) mass is 304 g/mol. The van der Waals surface area contributed by atoms with Crippen molar-refractivity contribution in [2.45, 2.75) is 58.2 Å². The molecule has 120 valence electrons. The van der Waals surface area contributed by atoms with E-state index in [4.69, 9.17) is 4.42 Å². The van der Waals surface area contributed by atoms with E-state index in [1.807, 2.05) is 0 Å². The molecule has 1 aromatic heterocycles. The van der Waals surface area contributed by atoms with Crippen molar-refractivity contribution >= 4 is 0 Å². The Morgan fingerprint density at radius 2 is 1.95 bits per heavy atom. The highest BCUT2D eigenvalue weighted by Gasteiger charge is 2.42. The second-order valence-corrected chi connectivity index (χ2v) is 6.28. The number of hydrogen-bond donors (Lipinski definition) is 1. The van der Waals surface area contributed by atoms with Gasteiger partial charge in [-0.25, -0.2) is 4.98 Å². The highest BCUT2D eigenvalue weighted by Crippen LogP contribution is 2.43. The summed E-state index contributed by atoms with van der Waals surface area (Å²) in [4.78, 5) is 4.20. The lowest BCUT2D eigenvalue weighted by Gasteiger charge is -2.29. The predicted molar refractivity (Wildman–Crippen MR) is 73.8 cm³/mol.